The minimum Gasteiger partial charge on any atom is -0.468 e. The molecule has 0 aliphatic rings. The molecular weight excluding hydrogens is 363 g/mol. The van der Waals surface area contributed by atoms with Gasteiger partial charge in [-0.3, -0.25) is 4.99 Å². The van der Waals surface area contributed by atoms with Gasteiger partial charge in [0.05, 0.1) is 12.2 Å². The Morgan fingerprint density at radius 2 is 2.04 bits per heavy atom. The van der Waals surface area contributed by atoms with E-state index in [4.69, 9.17) is 9.26 Å². The highest BCUT2D eigenvalue weighted by Gasteiger charge is 2.29. The lowest BCUT2D eigenvalue weighted by atomic mass is 10.1. The molecule has 0 saturated heterocycles. The van der Waals surface area contributed by atoms with Crippen LogP contribution < -0.4 is 15.4 Å². The summed E-state index contributed by atoms with van der Waals surface area (Å²) in [6.45, 7) is 3.19. The number of ether oxygens (including phenoxy) is 1. The van der Waals surface area contributed by atoms with Gasteiger partial charge in [-0.25, -0.2) is 4.98 Å². The average molecular weight is 385 g/mol. The number of aromatic nitrogens is 2. The monoisotopic (exact) mass is 385 g/mol. The van der Waals surface area contributed by atoms with E-state index in [9.17, 15) is 13.2 Å². The van der Waals surface area contributed by atoms with E-state index in [1.807, 2.05) is 19.9 Å². The zero-order chi connectivity index (χ0) is 19.9. The van der Waals surface area contributed by atoms with Crippen molar-refractivity contribution in [3.8, 4) is 5.88 Å². The lowest BCUT2D eigenvalue weighted by molar-refractivity contribution is -0.154. The molecule has 0 atom stereocenters. The van der Waals surface area contributed by atoms with Crippen molar-refractivity contribution in [1.29, 1.82) is 0 Å². The molecule has 2 rings (SSSR count). The van der Waals surface area contributed by atoms with Crippen LogP contribution in [0.1, 0.15) is 36.8 Å². The van der Waals surface area contributed by atoms with E-state index in [1.165, 1.54) is 6.20 Å². The lowest BCUT2D eigenvalue weighted by Crippen LogP contribution is -2.36. The Labute approximate surface area is 155 Å². The topological polar surface area (TPSA) is 84.6 Å². The molecule has 7 nitrogen and oxygen atoms in total. The molecule has 27 heavy (non-hydrogen) atoms. The van der Waals surface area contributed by atoms with Crippen molar-refractivity contribution in [2.75, 3.05) is 13.7 Å². The third-order valence-electron chi connectivity index (χ3n) is 3.49. The van der Waals surface area contributed by atoms with Crippen molar-refractivity contribution in [3.05, 3.63) is 41.4 Å². The summed E-state index contributed by atoms with van der Waals surface area (Å²) in [5.74, 6) is 1.29. The SMILES string of the molecule is CN=C(NCc1cc(C(C)C)no1)NCc1cccnc1OCC(F)(F)F. The predicted octanol–water partition coefficient (Wildman–Crippen LogP) is 3.00. The fourth-order valence-corrected chi connectivity index (χ4v) is 2.09. The Morgan fingerprint density at radius 1 is 1.30 bits per heavy atom. The van der Waals surface area contributed by atoms with Gasteiger partial charge in [0.15, 0.2) is 18.3 Å². The second-order valence-electron chi connectivity index (χ2n) is 6.02. The highest BCUT2D eigenvalue weighted by atomic mass is 19.4. The van der Waals surface area contributed by atoms with Gasteiger partial charge in [-0.1, -0.05) is 25.1 Å². The zero-order valence-electron chi connectivity index (χ0n) is 15.3. The average Bonchev–Trinajstić information content (AvgIpc) is 3.09. The Kier molecular flexibility index (Phi) is 7.03. The second kappa shape index (κ2) is 9.24. The maximum Gasteiger partial charge on any atom is 0.422 e. The number of aliphatic imine (C=N–C) groups is 1. The summed E-state index contributed by atoms with van der Waals surface area (Å²) in [6, 6.07) is 5.11. The Morgan fingerprint density at radius 3 is 2.67 bits per heavy atom. The maximum atomic E-state index is 12.3. The van der Waals surface area contributed by atoms with Crippen molar-refractivity contribution >= 4 is 5.96 Å². The van der Waals surface area contributed by atoms with E-state index in [2.05, 4.69) is 25.8 Å². The van der Waals surface area contributed by atoms with Gasteiger partial charge in [0.1, 0.15) is 0 Å². The number of halogens is 3. The van der Waals surface area contributed by atoms with Gasteiger partial charge in [-0.2, -0.15) is 13.2 Å². The van der Waals surface area contributed by atoms with Crippen molar-refractivity contribution in [1.82, 2.24) is 20.8 Å². The minimum atomic E-state index is -4.42. The number of pyridine rings is 1. The summed E-state index contributed by atoms with van der Waals surface area (Å²) < 4.78 is 47.0. The van der Waals surface area contributed by atoms with Crippen LogP contribution in [0.5, 0.6) is 5.88 Å². The first-order chi connectivity index (χ1) is 12.8. The summed E-state index contributed by atoms with van der Waals surface area (Å²) >= 11 is 0. The third-order valence-corrected chi connectivity index (χ3v) is 3.49. The summed E-state index contributed by atoms with van der Waals surface area (Å²) in [4.78, 5) is 7.92. The highest BCUT2D eigenvalue weighted by molar-refractivity contribution is 5.79. The number of hydrogen-bond donors (Lipinski definition) is 2. The molecule has 0 unspecified atom stereocenters. The van der Waals surface area contributed by atoms with E-state index in [0.29, 0.717) is 23.8 Å². The van der Waals surface area contributed by atoms with E-state index >= 15 is 0 Å². The molecule has 0 radical (unpaired) electrons. The van der Waals surface area contributed by atoms with E-state index in [0.717, 1.165) is 5.69 Å². The molecule has 0 aromatic carbocycles. The smallest absolute Gasteiger partial charge is 0.422 e. The highest BCUT2D eigenvalue weighted by Crippen LogP contribution is 2.19. The molecule has 0 bridgehead atoms. The minimum absolute atomic E-state index is 0.0745. The van der Waals surface area contributed by atoms with Crippen LogP contribution in [0.25, 0.3) is 0 Å². The van der Waals surface area contributed by atoms with Gasteiger partial charge < -0.3 is 19.9 Å². The van der Waals surface area contributed by atoms with Crippen LogP contribution in [-0.2, 0) is 13.1 Å². The van der Waals surface area contributed by atoms with Crippen LogP contribution in [0.4, 0.5) is 13.2 Å². The molecule has 0 fully saturated rings. The van der Waals surface area contributed by atoms with Gasteiger partial charge in [-0.05, 0) is 12.0 Å². The largest absolute Gasteiger partial charge is 0.468 e. The molecule has 2 N–H and O–H groups in total. The van der Waals surface area contributed by atoms with Gasteiger partial charge >= 0.3 is 6.18 Å². The van der Waals surface area contributed by atoms with E-state index in [1.54, 1.807) is 19.2 Å². The van der Waals surface area contributed by atoms with Crippen LogP contribution in [0.15, 0.2) is 33.9 Å². The maximum absolute atomic E-state index is 12.3. The number of alkyl halides is 3. The number of nitrogens with zero attached hydrogens (tertiary/aromatic N) is 3. The fourth-order valence-electron chi connectivity index (χ4n) is 2.09. The zero-order valence-corrected chi connectivity index (χ0v) is 15.3. The molecule has 0 aliphatic heterocycles. The normalized spacial score (nSPS) is 12.3. The summed E-state index contributed by atoms with van der Waals surface area (Å²) in [7, 11) is 1.58. The van der Waals surface area contributed by atoms with Crippen molar-refractivity contribution in [2.24, 2.45) is 4.99 Å². The van der Waals surface area contributed by atoms with Crippen molar-refractivity contribution in [2.45, 2.75) is 39.0 Å². The molecule has 148 valence electrons. The van der Waals surface area contributed by atoms with Crippen LogP contribution in [0.3, 0.4) is 0 Å². The molecule has 0 amide bonds. The van der Waals surface area contributed by atoms with E-state index < -0.39 is 12.8 Å². The Balaban J connectivity index is 1.90. The summed E-state index contributed by atoms with van der Waals surface area (Å²) in [5.41, 5.74) is 1.34. The quantitative estimate of drug-likeness (QED) is 0.563. The van der Waals surface area contributed by atoms with Crippen LogP contribution in [0.2, 0.25) is 0 Å². The number of hydrogen-bond acceptors (Lipinski definition) is 5. The Bertz CT molecular complexity index is 759. The first-order valence-electron chi connectivity index (χ1n) is 8.32. The third kappa shape index (κ3) is 6.80. The molecule has 0 saturated carbocycles. The first-order valence-corrected chi connectivity index (χ1v) is 8.32. The number of rotatable bonds is 7. The molecule has 0 aliphatic carbocycles. The molecule has 10 heteroatoms. The first kappa shape index (κ1) is 20.5. The predicted molar refractivity (Wildman–Crippen MR) is 93.4 cm³/mol. The van der Waals surface area contributed by atoms with Crippen molar-refractivity contribution < 1.29 is 22.4 Å². The van der Waals surface area contributed by atoms with Crippen molar-refractivity contribution in [3.63, 3.8) is 0 Å². The fraction of sp³-hybridized carbons (Fsp3) is 0.471. The summed E-state index contributed by atoms with van der Waals surface area (Å²) in [6.07, 6.45) is -3.05. The second-order valence-corrected chi connectivity index (χ2v) is 6.02. The van der Waals surface area contributed by atoms with Gasteiger partial charge in [-0.15, -0.1) is 0 Å². The molecular formula is C17H22F3N5O2. The number of guanidine groups is 1. The van der Waals surface area contributed by atoms with Crippen LogP contribution in [-0.4, -0.2) is 35.9 Å². The molecule has 2 aromatic heterocycles. The summed E-state index contributed by atoms with van der Waals surface area (Å²) in [5, 5.41) is 10.0. The van der Waals surface area contributed by atoms with Crippen LogP contribution in [0, 0.1) is 0 Å². The Hall–Kier alpha value is -2.78. The molecule has 2 heterocycles. The van der Waals surface area contributed by atoms with Gasteiger partial charge in [0.2, 0.25) is 5.88 Å². The van der Waals surface area contributed by atoms with E-state index in [-0.39, 0.29) is 18.3 Å². The van der Waals surface area contributed by atoms with Crippen LogP contribution >= 0.6 is 0 Å². The lowest BCUT2D eigenvalue weighted by Gasteiger charge is -2.14. The molecule has 0 spiro atoms. The van der Waals surface area contributed by atoms with Gasteiger partial charge in [0, 0.05) is 31.4 Å². The van der Waals surface area contributed by atoms with Gasteiger partial charge in [0.25, 0.3) is 0 Å². The number of nitrogens with one attached hydrogen (secondary N) is 2. The molecule has 2 aromatic rings. The standard InChI is InChI=1S/C17H22F3N5O2/c1-11(2)14-7-13(27-25-14)9-24-16(21-3)23-8-12-5-4-6-22-15(12)26-10-17(18,19)20/h4-7,11H,8-10H2,1-3H3,(H2,21,23,24).